The van der Waals surface area contributed by atoms with Crippen molar-refractivity contribution in [2.24, 2.45) is 9.98 Å². The van der Waals surface area contributed by atoms with Gasteiger partial charge in [0, 0.05) is 50.2 Å². The highest BCUT2D eigenvalue weighted by atomic mass is 35.5. The zero-order valence-electron chi connectivity index (χ0n) is 22.1. The lowest BCUT2D eigenvalue weighted by atomic mass is 9.95. The van der Waals surface area contributed by atoms with Gasteiger partial charge in [-0.15, -0.1) is 11.8 Å². The van der Waals surface area contributed by atoms with Crippen LogP contribution in [0.1, 0.15) is 18.5 Å². The van der Waals surface area contributed by atoms with Gasteiger partial charge in [0.2, 0.25) is 0 Å². The molecular formula is C26H30ClF3N6O3S. The molecule has 14 heteroatoms. The highest BCUT2D eigenvalue weighted by Gasteiger charge is 2.42. The van der Waals surface area contributed by atoms with Crippen molar-refractivity contribution in [3.63, 3.8) is 0 Å². The Morgan fingerprint density at radius 2 is 2.15 bits per heavy atom. The highest BCUT2D eigenvalue weighted by molar-refractivity contribution is 8.15. The standard InChI is InChI=1S/C26H30ClF3N6O3S/c1-4-31-24(40-3)23-32-18(13-34-9-10-36-15(11-34)12-35(26(36)38)14-19(29)30)20(25(37)39-5-2)22(33-23)16-7-6-8-17(28)21(16)27/h4,6-8,15,19,22H,1,5,9-14H2,2-3H3,(H,32,33)/t15?,22-/m0/s1. The summed E-state index contributed by atoms with van der Waals surface area (Å²) >= 11 is 7.67. The number of hydrogen-bond donors (Lipinski definition) is 1. The van der Waals surface area contributed by atoms with Crippen molar-refractivity contribution in [3.05, 3.63) is 58.7 Å². The summed E-state index contributed by atoms with van der Waals surface area (Å²) in [5.74, 6) is -0.944. The van der Waals surface area contributed by atoms with E-state index in [4.69, 9.17) is 21.3 Å². The van der Waals surface area contributed by atoms with E-state index in [0.29, 0.717) is 36.2 Å². The third-order valence-corrected chi connectivity index (χ3v) is 7.84. The van der Waals surface area contributed by atoms with E-state index in [0.717, 1.165) is 0 Å². The number of halogens is 4. The first-order valence-corrected chi connectivity index (χ1v) is 14.3. The normalized spacial score (nSPS) is 21.9. The number of esters is 1. The molecule has 3 aliphatic heterocycles. The second-order valence-corrected chi connectivity index (χ2v) is 10.4. The summed E-state index contributed by atoms with van der Waals surface area (Å²) in [6.07, 6.45) is 0.561. The average Bonchev–Trinajstić information content (AvgIpc) is 3.22. The number of amidine groups is 1. The molecule has 2 atom stereocenters. The molecule has 216 valence electrons. The Hall–Kier alpha value is -3.03. The van der Waals surface area contributed by atoms with Crippen molar-refractivity contribution in [2.75, 3.05) is 52.1 Å². The Morgan fingerprint density at radius 1 is 1.38 bits per heavy atom. The third-order valence-electron chi connectivity index (χ3n) is 6.76. The molecule has 2 amide bonds. The van der Waals surface area contributed by atoms with Gasteiger partial charge in [-0.1, -0.05) is 30.3 Å². The lowest BCUT2D eigenvalue weighted by Gasteiger charge is -2.38. The van der Waals surface area contributed by atoms with Crippen LogP contribution < -0.4 is 5.32 Å². The molecule has 0 spiro atoms. The van der Waals surface area contributed by atoms with Gasteiger partial charge in [0.15, 0.2) is 5.84 Å². The summed E-state index contributed by atoms with van der Waals surface area (Å²) in [7, 11) is 0. The molecule has 2 fully saturated rings. The summed E-state index contributed by atoms with van der Waals surface area (Å²) in [4.78, 5) is 39.8. The fourth-order valence-electron chi connectivity index (χ4n) is 5.06. The van der Waals surface area contributed by atoms with Crippen molar-refractivity contribution in [2.45, 2.75) is 25.4 Å². The summed E-state index contributed by atoms with van der Waals surface area (Å²) in [6, 6.07) is 2.65. The second-order valence-electron chi connectivity index (χ2n) is 9.24. The first-order valence-electron chi connectivity index (χ1n) is 12.7. The van der Waals surface area contributed by atoms with E-state index >= 15 is 0 Å². The van der Waals surface area contributed by atoms with Gasteiger partial charge in [-0.3, -0.25) is 9.89 Å². The van der Waals surface area contributed by atoms with Gasteiger partial charge in [0.25, 0.3) is 6.43 Å². The number of nitrogens with one attached hydrogen (secondary N) is 1. The summed E-state index contributed by atoms with van der Waals surface area (Å²) in [5.41, 5.74) is 0.914. The number of piperazine rings is 1. The number of ether oxygens (including phenoxy) is 1. The number of thioether (sulfide) groups is 1. The molecule has 0 saturated carbocycles. The minimum Gasteiger partial charge on any atom is -0.463 e. The maximum Gasteiger partial charge on any atom is 0.338 e. The summed E-state index contributed by atoms with van der Waals surface area (Å²) < 4.78 is 45.9. The van der Waals surface area contributed by atoms with Crippen LogP contribution in [0.2, 0.25) is 5.02 Å². The number of amides is 2. The predicted molar refractivity (Wildman–Crippen MR) is 149 cm³/mol. The number of rotatable bonds is 9. The number of nitrogens with zero attached hydrogens (tertiary/aromatic N) is 5. The molecule has 0 radical (unpaired) electrons. The topological polar surface area (TPSA) is 89.8 Å². The molecule has 3 heterocycles. The van der Waals surface area contributed by atoms with Crippen molar-refractivity contribution < 1.29 is 27.5 Å². The number of alkyl halides is 2. The monoisotopic (exact) mass is 598 g/mol. The van der Waals surface area contributed by atoms with Gasteiger partial charge in [0.1, 0.15) is 16.9 Å². The quantitative estimate of drug-likeness (QED) is 0.263. The Balaban J connectivity index is 1.71. The molecule has 0 bridgehead atoms. The Bertz CT molecular complexity index is 1260. The minimum absolute atomic E-state index is 0.104. The molecule has 1 aromatic rings. The number of carbonyl (C=O) groups excluding carboxylic acids is 2. The minimum atomic E-state index is -2.61. The number of benzene rings is 1. The van der Waals surface area contributed by atoms with E-state index in [1.807, 2.05) is 11.2 Å². The maximum absolute atomic E-state index is 14.5. The lowest BCUT2D eigenvalue weighted by Crippen LogP contribution is -2.53. The molecule has 1 N–H and O–H groups in total. The maximum atomic E-state index is 14.5. The van der Waals surface area contributed by atoms with Crippen LogP contribution in [0.15, 0.2) is 52.2 Å². The number of urea groups is 1. The van der Waals surface area contributed by atoms with Crippen molar-refractivity contribution in [3.8, 4) is 0 Å². The van der Waals surface area contributed by atoms with Crippen molar-refractivity contribution in [1.29, 1.82) is 0 Å². The fraction of sp³-hybridized carbons (Fsp3) is 0.462. The first kappa shape index (κ1) is 29.9. The lowest BCUT2D eigenvalue weighted by molar-refractivity contribution is -0.139. The van der Waals surface area contributed by atoms with Crippen LogP contribution in [0.3, 0.4) is 0 Å². The number of aliphatic imine (C=N–C) groups is 2. The molecule has 2 saturated heterocycles. The van der Waals surface area contributed by atoms with E-state index in [9.17, 15) is 22.8 Å². The van der Waals surface area contributed by atoms with Crippen LogP contribution in [-0.2, 0) is 9.53 Å². The highest BCUT2D eigenvalue weighted by Crippen LogP contribution is 2.37. The van der Waals surface area contributed by atoms with Crippen LogP contribution in [-0.4, -0.2) is 102 Å². The van der Waals surface area contributed by atoms with E-state index in [-0.39, 0.29) is 41.9 Å². The van der Waals surface area contributed by atoms with Gasteiger partial charge in [-0.05, 0) is 19.2 Å². The smallest absolute Gasteiger partial charge is 0.338 e. The molecule has 4 rings (SSSR count). The molecule has 0 aliphatic carbocycles. The van der Waals surface area contributed by atoms with Crippen LogP contribution in [0.5, 0.6) is 0 Å². The van der Waals surface area contributed by atoms with E-state index in [1.165, 1.54) is 35.0 Å². The summed E-state index contributed by atoms with van der Waals surface area (Å²) in [6.45, 7) is 6.43. The van der Waals surface area contributed by atoms with Gasteiger partial charge in [-0.25, -0.2) is 27.8 Å². The third kappa shape index (κ3) is 6.31. The largest absolute Gasteiger partial charge is 0.463 e. The molecular weight excluding hydrogens is 569 g/mol. The number of fused-ring (bicyclic) bond motifs is 1. The van der Waals surface area contributed by atoms with E-state index in [2.05, 4.69) is 16.9 Å². The predicted octanol–water partition coefficient (Wildman–Crippen LogP) is 3.93. The zero-order chi connectivity index (χ0) is 29.0. The Labute approximate surface area is 239 Å². The fourth-order valence-corrected chi connectivity index (χ4v) is 5.76. The summed E-state index contributed by atoms with van der Waals surface area (Å²) in [5, 5.41) is 3.55. The SMILES string of the molecule is C=CN=C(SC)C1=N[C@@H](c2cccc(F)c2Cl)C(C(=O)OCC)=C(CN2CCN3C(=O)N(CC(F)F)CC3C2)N1. The number of carbonyl (C=O) groups is 2. The second kappa shape index (κ2) is 13.1. The van der Waals surface area contributed by atoms with Crippen molar-refractivity contribution >= 4 is 46.2 Å². The van der Waals surface area contributed by atoms with Crippen LogP contribution >= 0.6 is 23.4 Å². The molecule has 1 aromatic carbocycles. The molecule has 1 unspecified atom stereocenters. The van der Waals surface area contributed by atoms with Crippen LogP contribution in [0, 0.1) is 5.82 Å². The molecule has 9 nitrogen and oxygen atoms in total. The molecule has 0 aromatic heterocycles. The van der Waals surface area contributed by atoms with E-state index < -0.39 is 36.8 Å². The van der Waals surface area contributed by atoms with E-state index in [1.54, 1.807) is 17.9 Å². The van der Waals surface area contributed by atoms with Crippen LogP contribution in [0.25, 0.3) is 0 Å². The number of hydrogen-bond acceptors (Lipinski definition) is 8. The molecule has 3 aliphatic rings. The van der Waals surface area contributed by atoms with Crippen LogP contribution in [0.4, 0.5) is 18.0 Å². The first-order chi connectivity index (χ1) is 19.2. The van der Waals surface area contributed by atoms with Gasteiger partial charge in [0.05, 0.1) is 29.8 Å². The molecule has 40 heavy (non-hydrogen) atoms. The zero-order valence-corrected chi connectivity index (χ0v) is 23.7. The van der Waals surface area contributed by atoms with Gasteiger partial charge < -0.3 is 19.9 Å². The van der Waals surface area contributed by atoms with Gasteiger partial charge in [-0.2, -0.15) is 0 Å². The Kier molecular flexibility index (Phi) is 9.80. The van der Waals surface area contributed by atoms with Gasteiger partial charge >= 0.3 is 12.0 Å². The average molecular weight is 599 g/mol. The van der Waals surface area contributed by atoms with Crippen molar-refractivity contribution in [1.82, 2.24) is 20.0 Å². The Morgan fingerprint density at radius 3 is 2.83 bits per heavy atom.